The molecule has 23 heavy (non-hydrogen) atoms. The summed E-state index contributed by atoms with van der Waals surface area (Å²) in [6.07, 6.45) is 0. The number of ether oxygens (including phenoxy) is 1. The highest BCUT2D eigenvalue weighted by atomic mass is 35.5. The lowest BCUT2D eigenvalue weighted by molar-refractivity contribution is 0.0990. The summed E-state index contributed by atoms with van der Waals surface area (Å²) < 4.78 is 10.5. The van der Waals surface area contributed by atoms with Crippen LogP contribution in [0.5, 0.6) is 5.75 Å². The van der Waals surface area contributed by atoms with E-state index in [9.17, 15) is 5.11 Å². The third-order valence-electron chi connectivity index (χ3n) is 2.76. The standard InChI is InChI=1S/C14H13Cl2N3O4/c15-8-5-9(12(21)10(16)6-8)13-19-11(7-17)14(23-13)18-1-3-22-4-2-20/h5-6,18,20-21H,1-4H2. The summed E-state index contributed by atoms with van der Waals surface area (Å²) in [7, 11) is 0. The van der Waals surface area contributed by atoms with Crippen molar-refractivity contribution < 1.29 is 19.4 Å². The Labute approximate surface area is 142 Å². The second-order valence-electron chi connectivity index (χ2n) is 4.36. The Hall–Kier alpha value is -1.98. The van der Waals surface area contributed by atoms with Gasteiger partial charge >= 0.3 is 0 Å². The molecule has 0 saturated carbocycles. The number of nitrogens with one attached hydrogen (secondary N) is 1. The quantitative estimate of drug-likeness (QED) is 0.653. The minimum Gasteiger partial charge on any atom is -0.506 e. The molecule has 2 rings (SSSR count). The number of aromatic hydroxyl groups is 1. The van der Waals surface area contributed by atoms with E-state index in [1.807, 2.05) is 6.07 Å². The zero-order chi connectivity index (χ0) is 16.8. The van der Waals surface area contributed by atoms with Gasteiger partial charge in [-0.25, -0.2) is 0 Å². The summed E-state index contributed by atoms with van der Waals surface area (Å²) >= 11 is 11.8. The lowest BCUT2D eigenvalue weighted by atomic mass is 10.2. The number of aliphatic hydroxyl groups is 1. The molecule has 1 heterocycles. The molecule has 1 aromatic carbocycles. The molecule has 7 nitrogen and oxygen atoms in total. The van der Waals surface area contributed by atoms with Gasteiger partial charge in [0.25, 0.3) is 0 Å². The normalized spacial score (nSPS) is 10.5. The SMILES string of the molecule is N#Cc1nc(-c2cc(Cl)cc(Cl)c2O)oc1NCCOCCO. The van der Waals surface area contributed by atoms with E-state index in [0.717, 1.165) is 0 Å². The number of phenolic OH excluding ortho intramolecular Hbond substituents is 1. The van der Waals surface area contributed by atoms with Gasteiger partial charge in [-0.2, -0.15) is 10.2 Å². The Balaban J connectivity index is 2.21. The fraction of sp³-hybridized carbons (Fsp3) is 0.286. The predicted molar refractivity (Wildman–Crippen MR) is 84.7 cm³/mol. The maximum Gasteiger partial charge on any atom is 0.233 e. The smallest absolute Gasteiger partial charge is 0.233 e. The number of rotatable bonds is 7. The number of benzene rings is 1. The maximum absolute atomic E-state index is 9.98. The number of halogens is 2. The van der Waals surface area contributed by atoms with Crippen LogP contribution in [-0.2, 0) is 4.74 Å². The van der Waals surface area contributed by atoms with E-state index < -0.39 is 0 Å². The zero-order valence-corrected chi connectivity index (χ0v) is 13.4. The van der Waals surface area contributed by atoms with E-state index in [2.05, 4.69) is 10.3 Å². The van der Waals surface area contributed by atoms with Gasteiger partial charge in [-0.05, 0) is 12.1 Å². The van der Waals surface area contributed by atoms with E-state index >= 15 is 0 Å². The van der Waals surface area contributed by atoms with Gasteiger partial charge in [0.15, 0.2) is 0 Å². The first kappa shape index (κ1) is 17.4. The first-order chi connectivity index (χ1) is 11.1. The molecular weight excluding hydrogens is 345 g/mol. The molecule has 0 radical (unpaired) electrons. The van der Waals surface area contributed by atoms with Crippen LogP contribution in [0.25, 0.3) is 11.5 Å². The molecule has 0 bridgehead atoms. The second-order valence-corrected chi connectivity index (χ2v) is 5.20. The van der Waals surface area contributed by atoms with Crippen LogP contribution < -0.4 is 5.32 Å². The zero-order valence-electron chi connectivity index (χ0n) is 11.8. The largest absolute Gasteiger partial charge is 0.506 e. The Bertz CT molecular complexity index is 728. The Morgan fingerprint density at radius 3 is 2.83 bits per heavy atom. The molecular formula is C14H13Cl2N3O4. The van der Waals surface area contributed by atoms with Gasteiger partial charge in [0, 0.05) is 11.6 Å². The molecule has 0 spiro atoms. The van der Waals surface area contributed by atoms with E-state index in [1.165, 1.54) is 12.1 Å². The van der Waals surface area contributed by atoms with Gasteiger partial charge in [-0.3, -0.25) is 0 Å². The van der Waals surface area contributed by atoms with Crippen molar-refractivity contribution in [1.29, 1.82) is 5.26 Å². The number of hydrogen-bond donors (Lipinski definition) is 3. The molecule has 0 unspecified atom stereocenters. The van der Waals surface area contributed by atoms with E-state index in [-0.39, 0.29) is 47.0 Å². The lowest BCUT2D eigenvalue weighted by Crippen LogP contribution is -2.11. The van der Waals surface area contributed by atoms with Gasteiger partial charge in [-0.15, -0.1) is 0 Å². The molecule has 122 valence electrons. The third-order valence-corrected chi connectivity index (χ3v) is 3.27. The second kappa shape index (κ2) is 8.04. The summed E-state index contributed by atoms with van der Waals surface area (Å²) in [6.45, 7) is 0.829. The van der Waals surface area contributed by atoms with Gasteiger partial charge in [0.05, 0.1) is 30.4 Å². The molecule has 9 heteroatoms. The monoisotopic (exact) mass is 357 g/mol. The van der Waals surface area contributed by atoms with Crippen LogP contribution in [0.1, 0.15) is 5.69 Å². The first-order valence-electron chi connectivity index (χ1n) is 6.58. The summed E-state index contributed by atoms with van der Waals surface area (Å²) in [6, 6.07) is 4.71. The molecule has 0 saturated heterocycles. The van der Waals surface area contributed by atoms with Crippen molar-refractivity contribution in [3.8, 4) is 23.3 Å². The number of hydrogen-bond acceptors (Lipinski definition) is 7. The van der Waals surface area contributed by atoms with Crippen molar-refractivity contribution in [2.75, 3.05) is 31.7 Å². The van der Waals surface area contributed by atoms with Gasteiger partial charge in [0.2, 0.25) is 17.5 Å². The predicted octanol–water partition coefficient (Wildman–Crippen LogP) is 2.65. The highest BCUT2D eigenvalue weighted by Gasteiger charge is 2.19. The summed E-state index contributed by atoms with van der Waals surface area (Å²) in [4.78, 5) is 4.01. The van der Waals surface area contributed by atoms with Crippen LogP contribution in [0.15, 0.2) is 16.5 Å². The number of oxazole rings is 1. The van der Waals surface area contributed by atoms with Crippen LogP contribution in [0, 0.1) is 11.3 Å². The minimum absolute atomic E-state index is 0.0160. The van der Waals surface area contributed by atoms with Crippen LogP contribution in [-0.4, -0.2) is 41.6 Å². The molecule has 3 N–H and O–H groups in total. The average Bonchev–Trinajstić information content (AvgIpc) is 2.93. The number of phenols is 1. The lowest BCUT2D eigenvalue weighted by Gasteiger charge is -2.04. The van der Waals surface area contributed by atoms with Crippen molar-refractivity contribution in [2.24, 2.45) is 0 Å². The van der Waals surface area contributed by atoms with E-state index in [0.29, 0.717) is 18.2 Å². The molecule has 2 aromatic rings. The highest BCUT2D eigenvalue weighted by molar-refractivity contribution is 6.36. The number of aromatic nitrogens is 1. The Morgan fingerprint density at radius 1 is 1.35 bits per heavy atom. The minimum atomic E-state index is -0.236. The summed E-state index contributed by atoms with van der Waals surface area (Å²) in [5, 5.41) is 30.9. The van der Waals surface area contributed by atoms with Crippen LogP contribution >= 0.6 is 23.2 Å². The molecule has 0 atom stereocenters. The number of aliphatic hydroxyl groups excluding tert-OH is 1. The molecule has 0 amide bonds. The number of nitrogens with zero attached hydrogens (tertiary/aromatic N) is 2. The van der Waals surface area contributed by atoms with Gasteiger partial charge in [-0.1, -0.05) is 23.2 Å². The third kappa shape index (κ3) is 4.27. The summed E-state index contributed by atoms with van der Waals surface area (Å²) in [5.41, 5.74) is 0.209. The molecule has 0 aliphatic heterocycles. The van der Waals surface area contributed by atoms with Crippen LogP contribution in [0.2, 0.25) is 10.0 Å². The van der Waals surface area contributed by atoms with Crippen molar-refractivity contribution in [1.82, 2.24) is 4.98 Å². The molecule has 0 fully saturated rings. The van der Waals surface area contributed by atoms with Crippen LogP contribution in [0.3, 0.4) is 0 Å². The molecule has 1 aromatic heterocycles. The van der Waals surface area contributed by atoms with Crippen molar-refractivity contribution >= 4 is 29.1 Å². The van der Waals surface area contributed by atoms with Gasteiger partial charge < -0.3 is 24.7 Å². The fourth-order valence-corrected chi connectivity index (χ4v) is 2.26. The number of nitriles is 1. The maximum atomic E-state index is 9.98. The van der Waals surface area contributed by atoms with E-state index in [4.69, 9.17) is 42.7 Å². The van der Waals surface area contributed by atoms with Crippen molar-refractivity contribution in [3.05, 3.63) is 27.9 Å². The van der Waals surface area contributed by atoms with Crippen molar-refractivity contribution in [3.63, 3.8) is 0 Å². The highest BCUT2D eigenvalue weighted by Crippen LogP contribution is 2.38. The topological polar surface area (TPSA) is 112 Å². The molecule has 0 aliphatic rings. The van der Waals surface area contributed by atoms with E-state index in [1.54, 1.807) is 0 Å². The van der Waals surface area contributed by atoms with Crippen molar-refractivity contribution in [2.45, 2.75) is 0 Å². The summed E-state index contributed by atoms with van der Waals surface area (Å²) in [5.74, 6) is -0.0764. The Morgan fingerprint density at radius 2 is 2.13 bits per heavy atom. The average molecular weight is 358 g/mol. The van der Waals surface area contributed by atoms with Crippen LogP contribution in [0.4, 0.5) is 5.88 Å². The fourth-order valence-electron chi connectivity index (χ4n) is 1.76. The Kier molecular flexibility index (Phi) is 6.07. The number of anilines is 1. The van der Waals surface area contributed by atoms with Gasteiger partial charge in [0.1, 0.15) is 11.8 Å². The first-order valence-corrected chi connectivity index (χ1v) is 7.34. The molecule has 0 aliphatic carbocycles.